The second-order valence-electron chi connectivity index (χ2n) is 2.91. The predicted molar refractivity (Wildman–Crippen MR) is 49.1 cm³/mol. The number of aromatic nitrogens is 1. The summed E-state index contributed by atoms with van der Waals surface area (Å²) in [7, 11) is 0. The smallest absolute Gasteiger partial charge is 0.139 e. The molecule has 2 aromatic rings. The molecule has 62 valence electrons. The molecule has 0 bridgehead atoms. The van der Waals surface area contributed by atoms with Crippen LogP contribution in [0, 0.1) is 6.92 Å². The van der Waals surface area contributed by atoms with E-state index in [0.717, 1.165) is 16.6 Å². The average Bonchev–Trinajstić information content (AvgIpc) is 2.39. The van der Waals surface area contributed by atoms with Crippen LogP contribution in [0.4, 0.5) is 5.69 Å². The van der Waals surface area contributed by atoms with Gasteiger partial charge in [0, 0.05) is 16.6 Å². The van der Waals surface area contributed by atoms with Gasteiger partial charge in [0.05, 0.1) is 5.69 Å². The third-order valence-electron chi connectivity index (χ3n) is 1.96. The van der Waals surface area contributed by atoms with Crippen molar-refractivity contribution in [1.82, 2.24) is 4.98 Å². The van der Waals surface area contributed by atoms with Crippen LogP contribution < -0.4 is 5.73 Å². The molecule has 0 saturated heterocycles. The number of H-pyrrole nitrogens is 1. The monoisotopic (exact) mass is 162 g/mol. The Morgan fingerprint density at radius 1 is 1.42 bits per heavy atom. The minimum absolute atomic E-state index is 0.140. The lowest BCUT2D eigenvalue weighted by Crippen LogP contribution is -1.85. The summed E-state index contributed by atoms with van der Waals surface area (Å²) < 4.78 is 0. The van der Waals surface area contributed by atoms with Gasteiger partial charge in [-0.05, 0) is 25.1 Å². The quantitative estimate of drug-likeness (QED) is 0.408. The molecule has 1 aromatic heterocycles. The van der Waals surface area contributed by atoms with Gasteiger partial charge < -0.3 is 15.8 Å². The zero-order chi connectivity index (χ0) is 8.72. The molecule has 0 spiro atoms. The van der Waals surface area contributed by atoms with E-state index in [1.807, 2.05) is 19.1 Å². The Kier molecular flexibility index (Phi) is 1.27. The number of nitrogen functional groups attached to an aromatic ring is 1. The van der Waals surface area contributed by atoms with Crippen LogP contribution in [0.25, 0.3) is 10.9 Å². The summed E-state index contributed by atoms with van der Waals surface area (Å²) in [4.78, 5) is 3.14. The van der Waals surface area contributed by atoms with Crippen LogP contribution in [0.3, 0.4) is 0 Å². The van der Waals surface area contributed by atoms with Crippen molar-refractivity contribution in [3.63, 3.8) is 0 Å². The second kappa shape index (κ2) is 2.17. The van der Waals surface area contributed by atoms with Crippen molar-refractivity contribution in [3.05, 3.63) is 23.9 Å². The number of fused-ring (bicyclic) bond motifs is 1. The number of hydrogen-bond donors (Lipinski definition) is 3. The topological polar surface area (TPSA) is 62.0 Å². The molecule has 12 heavy (non-hydrogen) atoms. The van der Waals surface area contributed by atoms with Gasteiger partial charge in [-0.15, -0.1) is 0 Å². The number of nitrogens with two attached hydrogens (primary N) is 1. The Morgan fingerprint density at radius 2 is 2.17 bits per heavy atom. The van der Waals surface area contributed by atoms with E-state index in [2.05, 4.69) is 4.98 Å². The highest BCUT2D eigenvalue weighted by Gasteiger charge is 2.04. The minimum Gasteiger partial charge on any atom is -0.506 e. The van der Waals surface area contributed by atoms with Crippen LogP contribution in [-0.4, -0.2) is 10.1 Å². The van der Waals surface area contributed by atoms with E-state index in [9.17, 15) is 5.11 Å². The standard InChI is InChI=1S/C9H10N2O/c1-5-4-6-7(11-5)2-3-8(12)9(6)10/h2-4,11-12H,10H2,1H3. The molecule has 0 fully saturated rings. The van der Waals surface area contributed by atoms with E-state index in [0.29, 0.717) is 5.69 Å². The number of phenols is 1. The molecule has 1 heterocycles. The summed E-state index contributed by atoms with van der Waals surface area (Å²) in [5.74, 6) is 0.140. The van der Waals surface area contributed by atoms with Crippen LogP contribution in [0.2, 0.25) is 0 Å². The maximum absolute atomic E-state index is 9.29. The third-order valence-corrected chi connectivity index (χ3v) is 1.96. The molecule has 0 saturated carbocycles. The van der Waals surface area contributed by atoms with Crippen molar-refractivity contribution in [1.29, 1.82) is 0 Å². The van der Waals surface area contributed by atoms with Gasteiger partial charge in [-0.25, -0.2) is 0 Å². The Bertz CT molecular complexity index is 431. The molecule has 0 unspecified atom stereocenters. The van der Waals surface area contributed by atoms with Gasteiger partial charge in [0.25, 0.3) is 0 Å². The van der Waals surface area contributed by atoms with Crippen LogP contribution >= 0.6 is 0 Å². The van der Waals surface area contributed by atoms with Crippen molar-refractivity contribution < 1.29 is 5.11 Å². The molecule has 4 N–H and O–H groups in total. The molecule has 0 aliphatic heterocycles. The van der Waals surface area contributed by atoms with E-state index in [-0.39, 0.29) is 5.75 Å². The van der Waals surface area contributed by atoms with E-state index in [4.69, 9.17) is 5.73 Å². The third kappa shape index (κ3) is 0.830. The highest BCUT2D eigenvalue weighted by molar-refractivity contribution is 5.94. The first-order valence-corrected chi connectivity index (χ1v) is 3.75. The molecule has 0 amide bonds. The van der Waals surface area contributed by atoms with Crippen molar-refractivity contribution in [3.8, 4) is 5.75 Å². The molecule has 3 heteroatoms. The van der Waals surface area contributed by atoms with Gasteiger partial charge in [-0.2, -0.15) is 0 Å². The zero-order valence-electron chi connectivity index (χ0n) is 6.76. The van der Waals surface area contributed by atoms with Gasteiger partial charge in [0.1, 0.15) is 5.75 Å². The van der Waals surface area contributed by atoms with Crippen LogP contribution in [0.5, 0.6) is 5.75 Å². The number of aromatic amines is 1. The largest absolute Gasteiger partial charge is 0.506 e. The Labute approximate surface area is 69.8 Å². The van der Waals surface area contributed by atoms with E-state index in [1.165, 1.54) is 0 Å². The molecule has 1 aromatic carbocycles. The van der Waals surface area contributed by atoms with E-state index in [1.54, 1.807) is 6.07 Å². The lowest BCUT2D eigenvalue weighted by molar-refractivity contribution is 0.478. The van der Waals surface area contributed by atoms with Crippen LogP contribution in [-0.2, 0) is 0 Å². The zero-order valence-corrected chi connectivity index (χ0v) is 6.76. The lowest BCUT2D eigenvalue weighted by Gasteiger charge is -1.98. The van der Waals surface area contributed by atoms with Gasteiger partial charge in [0.2, 0.25) is 0 Å². The number of hydrogen-bond acceptors (Lipinski definition) is 2. The number of nitrogens with one attached hydrogen (secondary N) is 1. The summed E-state index contributed by atoms with van der Waals surface area (Å²) in [6, 6.07) is 5.33. The normalized spacial score (nSPS) is 10.8. The van der Waals surface area contributed by atoms with E-state index >= 15 is 0 Å². The number of aromatic hydroxyl groups is 1. The molecule has 3 nitrogen and oxygen atoms in total. The fourth-order valence-electron chi connectivity index (χ4n) is 1.35. The van der Waals surface area contributed by atoms with Crippen molar-refractivity contribution in [2.24, 2.45) is 0 Å². The molecular weight excluding hydrogens is 152 g/mol. The molecule has 0 aliphatic carbocycles. The molecule has 0 radical (unpaired) electrons. The number of benzene rings is 1. The first kappa shape index (κ1) is 7.03. The summed E-state index contributed by atoms with van der Waals surface area (Å²) >= 11 is 0. The van der Waals surface area contributed by atoms with Gasteiger partial charge in [0.15, 0.2) is 0 Å². The SMILES string of the molecule is Cc1cc2c(N)c(O)ccc2[nH]1. The lowest BCUT2D eigenvalue weighted by atomic mass is 10.2. The Morgan fingerprint density at radius 3 is 2.92 bits per heavy atom. The Balaban J connectivity index is 2.89. The fraction of sp³-hybridized carbons (Fsp3) is 0.111. The Hall–Kier alpha value is -1.64. The maximum Gasteiger partial charge on any atom is 0.139 e. The first-order valence-electron chi connectivity index (χ1n) is 3.75. The summed E-state index contributed by atoms with van der Waals surface area (Å²) in [6.45, 7) is 1.95. The second-order valence-corrected chi connectivity index (χ2v) is 2.91. The van der Waals surface area contributed by atoms with Crippen molar-refractivity contribution in [2.75, 3.05) is 5.73 Å². The summed E-state index contributed by atoms with van der Waals surface area (Å²) in [5, 5.41) is 10.2. The van der Waals surface area contributed by atoms with Crippen LogP contribution in [0.1, 0.15) is 5.69 Å². The number of anilines is 1. The predicted octanol–water partition coefficient (Wildman–Crippen LogP) is 1.76. The number of aryl methyl sites for hydroxylation is 1. The maximum atomic E-state index is 9.29. The molecule has 0 aliphatic rings. The molecular formula is C9H10N2O. The highest BCUT2D eigenvalue weighted by Crippen LogP contribution is 2.29. The van der Waals surface area contributed by atoms with Gasteiger partial charge >= 0.3 is 0 Å². The summed E-state index contributed by atoms with van der Waals surface area (Å²) in [6.07, 6.45) is 0. The highest BCUT2D eigenvalue weighted by atomic mass is 16.3. The van der Waals surface area contributed by atoms with Crippen molar-refractivity contribution in [2.45, 2.75) is 6.92 Å². The average molecular weight is 162 g/mol. The molecule has 0 atom stereocenters. The van der Waals surface area contributed by atoms with Crippen molar-refractivity contribution >= 4 is 16.6 Å². The first-order chi connectivity index (χ1) is 5.68. The minimum atomic E-state index is 0.140. The van der Waals surface area contributed by atoms with Gasteiger partial charge in [-0.3, -0.25) is 0 Å². The van der Waals surface area contributed by atoms with E-state index < -0.39 is 0 Å². The number of phenolic OH excluding ortho intramolecular Hbond substituents is 1. The number of rotatable bonds is 0. The van der Waals surface area contributed by atoms with Gasteiger partial charge in [-0.1, -0.05) is 0 Å². The molecule has 2 rings (SSSR count). The fourth-order valence-corrected chi connectivity index (χ4v) is 1.35. The summed E-state index contributed by atoms with van der Waals surface area (Å²) in [5.41, 5.74) is 8.11. The van der Waals surface area contributed by atoms with Crippen LogP contribution in [0.15, 0.2) is 18.2 Å².